The maximum atomic E-state index is 7.23. The molecule has 1 rings (SSSR count). The minimum Gasteiger partial charge on any atom is -0.388 e. The van der Waals surface area contributed by atoms with E-state index in [1.54, 1.807) is 0 Å². The standard InChI is InChI=1S/C11H23N3/c1-8-6-9(2)10(3)14(7-8)5-4-11(12)13/h8-10H,4-7H2,1-3H3,(H3,12,13). The summed E-state index contributed by atoms with van der Waals surface area (Å²) in [5.74, 6) is 1.86. The molecule has 0 aliphatic carbocycles. The third-order valence-corrected chi connectivity index (χ3v) is 3.39. The Bertz CT molecular complexity index is 203. The Balaban J connectivity index is 2.45. The zero-order valence-corrected chi connectivity index (χ0v) is 9.59. The first-order chi connectivity index (χ1) is 6.50. The van der Waals surface area contributed by atoms with E-state index in [-0.39, 0.29) is 0 Å². The fourth-order valence-corrected chi connectivity index (χ4v) is 2.39. The fourth-order valence-electron chi connectivity index (χ4n) is 2.39. The molecule has 0 aromatic heterocycles. The first-order valence-electron chi connectivity index (χ1n) is 5.57. The molecule has 1 heterocycles. The van der Waals surface area contributed by atoms with Crippen LogP contribution in [-0.4, -0.2) is 29.9 Å². The van der Waals surface area contributed by atoms with Gasteiger partial charge in [-0.2, -0.15) is 0 Å². The van der Waals surface area contributed by atoms with Crippen LogP contribution in [0.15, 0.2) is 0 Å². The van der Waals surface area contributed by atoms with Crippen LogP contribution in [0.2, 0.25) is 0 Å². The van der Waals surface area contributed by atoms with Crippen molar-refractivity contribution in [2.45, 2.75) is 39.7 Å². The summed E-state index contributed by atoms with van der Waals surface area (Å²) in [4.78, 5) is 2.47. The summed E-state index contributed by atoms with van der Waals surface area (Å²) in [6.45, 7) is 9.03. The second-order valence-corrected chi connectivity index (χ2v) is 4.83. The third kappa shape index (κ3) is 2.98. The maximum Gasteiger partial charge on any atom is 0.0918 e. The van der Waals surface area contributed by atoms with Crippen molar-refractivity contribution in [3.8, 4) is 0 Å². The van der Waals surface area contributed by atoms with Crippen molar-refractivity contribution >= 4 is 5.84 Å². The van der Waals surface area contributed by atoms with Gasteiger partial charge < -0.3 is 5.73 Å². The number of hydrogen-bond donors (Lipinski definition) is 2. The van der Waals surface area contributed by atoms with Gasteiger partial charge in [0.15, 0.2) is 0 Å². The van der Waals surface area contributed by atoms with Crippen molar-refractivity contribution in [3.05, 3.63) is 0 Å². The Morgan fingerprint density at radius 2 is 2.07 bits per heavy atom. The highest BCUT2D eigenvalue weighted by Crippen LogP contribution is 2.26. The highest BCUT2D eigenvalue weighted by molar-refractivity contribution is 5.76. The van der Waals surface area contributed by atoms with E-state index in [9.17, 15) is 0 Å². The zero-order chi connectivity index (χ0) is 10.7. The molecule has 1 saturated heterocycles. The predicted molar refractivity (Wildman–Crippen MR) is 60.5 cm³/mol. The third-order valence-electron chi connectivity index (χ3n) is 3.39. The first-order valence-corrected chi connectivity index (χ1v) is 5.57. The van der Waals surface area contributed by atoms with E-state index in [1.165, 1.54) is 13.0 Å². The van der Waals surface area contributed by atoms with Crippen LogP contribution in [0.3, 0.4) is 0 Å². The molecule has 1 aliphatic rings. The number of hydrogen-bond acceptors (Lipinski definition) is 2. The van der Waals surface area contributed by atoms with Gasteiger partial charge in [-0.05, 0) is 25.2 Å². The second kappa shape index (κ2) is 4.78. The average Bonchev–Trinajstić information content (AvgIpc) is 2.08. The van der Waals surface area contributed by atoms with Crippen LogP contribution >= 0.6 is 0 Å². The van der Waals surface area contributed by atoms with Crippen molar-refractivity contribution in [1.29, 1.82) is 5.41 Å². The van der Waals surface area contributed by atoms with E-state index in [1.807, 2.05) is 0 Å². The molecule has 0 aromatic carbocycles. The average molecular weight is 197 g/mol. The van der Waals surface area contributed by atoms with Crippen molar-refractivity contribution < 1.29 is 0 Å². The van der Waals surface area contributed by atoms with E-state index in [2.05, 4.69) is 25.7 Å². The van der Waals surface area contributed by atoms with Gasteiger partial charge in [0.2, 0.25) is 0 Å². The van der Waals surface area contributed by atoms with Gasteiger partial charge in [0.05, 0.1) is 5.84 Å². The molecule has 3 N–H and O–H groups in total. The lowest BCUT2D eigenvalue weighted by Gasteiger charge is -2.41. The lowest BCUT2D eigenvalue weighted by molar-refractivity contribution is 0.0825. The molecule has 14 heavy (non-hydrogen) atoms. The van der Waals surface area contributed by atoms with Gasteiger partial charge in [-0.1, -0.05) is 13.8 Å². The SMILES string of the molecule is CC1CC(C)C(C)N(CCC(=N)N)C1. The number of piperidine rings is 1. The quantitative estimate of drug-likeness (QED) is 0.534. The molecular formula is C11H23N3. The van der Waals surface area contributed by atoms with Crippen molar-refractivity contribution in [3.63, 3.8) is 0 Å². The van der Waals surface area contributed by atoms with Crippen LogP contribution in [0, 0.1) is 17.2 Å². The number of likely N-dealkylation sites (tertiary alicyclic amines) is 1. The smallest absolute Gasteiger partial charge is 0.0918 e. The Hall–Kier alpha value is -0.570. The summed E-state index contributed by atoms with van der Waals surface area (Å²) in [6.07, 6.45) is 2.04. The largest absolute Gasteiger partial charge is 0.388 e. The molecule has 3 unspecified atom stereocenters. The van der Waals surface area contributed by atoms with Gasteiger partial charge in [0.25, 0.3) is 0 Å². The minimum absolute atomic E-state index is 0.308. The lowest BCUT2D eigenvalue weighted by atomic mass is 9.86. The number of nitrogens with one attached hydrogen (secondary N) is 1. The Labute approximate surface area is 87.2 Å². The maximum absolute atomic E-state index is 7.23. The molecule has 0 spiro atoms. The summed E-state index contributed by atoms with van der Waals surface area (Å²) in [5.41, 5.74) is 5.38. The molecule has 1 aliphatic heterocycles. The topological polar surface area (TPSA) is 53.1 Å². The van der Waals surface area contributed by atoms with E-state index in [4.69, 9.17) is 11.1 Å². The predicted octanol–water partition coefficient (Wildman–Crippen LogP) is 1.68. The van der Waals surface area contributed by atoms with Crippen LogP contribution in [0.25, 0.3) is 0 Å². The van der Waals surface area contributed by atoms with Gasteiger partial charge >= 0.3 is 0 Å². The molecule has 0 aromatic rings. The molecule has 0 amide bonds. The molecule has 1 fully saturated rings. The van der Waals surface area contributed by atoms with E-state index < -0.39 is 0 Å². The number of amidine groups is 1. The van der Waals surface area contributed by atoms with E-state index in [0.717, 1.165) is 18.4 Å². The van der Waals surface area contributed by atoms with E-state index >= 15 is 0 Å². The molecular weight excluding hydrogens is 174 g/mol. The number of rotatable bonds is 3. The van der Waals surface area contributed by atoms with Crippen molar-refractivity contribution in [1.82, 2.24) is 4.90 Å². The molecule has 0 saturated carbocycles. The Morgan fingerprint density at radius 3 is 2.64 bits per heavy atom. The summed E-state index contributed by atoms with van der Waals surface area (Å²) in [7, 11) is 0. The van der Waals surface area contributed by atoms with Crippen LogP contribution in [0.4, 0.5) is 0 Å². The van der Waals surface area contributed by atoms with Gasteiger partial charge in [0, 0.05) is 25.6 Å². The van der Waals surface area contributed by atoms with Crippen molar-refractivity contribution in [2.75, 3.05) is 13.1 Å². The molecule has 82 valence electrons. The van der Waals surface area contributed by atoms with Gasteiger partial charge in [-0.3, -0.25) is 10.3 Å². The Morgan fingerprint density at radius 1 is 1.43 bits per heavy atom. The van der Waals surface area contributed by atoms with E-state index in [0.29, 0.717) is 18.3 Å². The minimum atomic E-state index is 0.308. The molecule has 0 bridgehead atoms. The van der Waals surface area contributed by atoms with Crippen LogP contribution in [0.1, 0.15) is 33.6 Å². The monoisotopic (exact) mass is 197 g/mol. The fraction of sp³-hybridized carbons (Fsp3) is 0.909. The normalized spacial score (nSPS) is 34.4. The number of nitrogens with zero attached hydrogens (tertiary/aromatic N) is 1. The van der Waals surface area contributed by atoms with Crippen LogP contribution in [0.5, 0.6) is 0 Å². The highest BCUT2D eigenvalue weighted by atomic mass is 15.2. The first kappa shape index (κ1) is 11.5. The summed E-state index contributed by atoms with van der Waals surface area (Å²) in [6, 6.07) is 0.644. The Kier molecular flexibility index (Phi) is 3.93. The van der Waals surface area contributed by atoms with Gasteiger partial charge in [-0.25, -0.2) is 0 Å². The molecule has 0 radical (unpaired) electrons. The molecule has 3 heteroatoms. The zero-order valence-electron chi connectivity index (χ0n) is 9.59. The summed E-state index contributed by atoms with van der Waals surface area (Å²) in [5, 5.41) is 7.23. The van der Waals surface area contributed by atoms with Gasteiger partial charge in [0.1, 0.15) is 0 Å². The second-order valence-electron chi connectivity index (χ2n) is 4.83. The summed E-state index contributed by atoms with van der Waals surface area (Å²) >= 11 is 0. The lowest BCUT2D eigenvalue weighted by Crippen LogP contribution is -2.46. The van der Waals surface area contributed by atoms with Gasteiger partial charge in [-0.15, -0.1) is 0 Å². The van der Waals surface area contributed by atoms with Crippen LogP contribution < -0.4 is 5.73 Å². The van der Waals surface area contributed by atoms with Crippen LogP contribution in [-0.2, 0) is 0 Å². The molecule has 3 nitrogen and oxygen atoms in total. The summed E-state index contributed by atoms with van der Waals surface area (Å²) < 4.78 is 0. The van der Waals surface area contributed by atoms with Crippen molar-refractivity contribution in [2.24, 2.45) is 17.6 Å². The molecule has 3 atom stereocenters. The highest BCUT2D eigenvalue weighted by Gasteiger charge is 2.28. The number of nitrogens with two attached hydrogens (primary N) is 1.